The van der Waals surface area contributed by atoms with E-state index in [-0.39, 0.29) is 35.5 Å². The number of benzene rings is 2. The van der Waals surface area contributed by atoms with Gasteiger partial charge in [0.05, 0.1) is 11.8 Å². The summed E-state index contributed by atoms with van der Waals surface area (Å²) in [6, 6.07) is 14.5. The quantitative estimate of drug-likeness (QED) is 0.708. The third-order valence-corrected chi connectivity index (χ3v) is 6.74. The number of rotatable bonds is 6. The molecule has 6 nitrogen and oxygen atoms in total. The zero-order valence-electron chi connectivity index (χ0n) is 19.4. The summed E-state index contributed by atoms with van der Waals surface area (Å²) < 4.78 is 14.1. The molecule has 0 radical (unpaired) electrons. The van der Waals surface area contributed by atoms with E-state index >= 15 is 0 Å². The van der Waals surface area contributed by atoms with Gasteiger partial charge >= 0.3 is 0 Å². The Labute approximate surface area is 195 Å². The molecule has 4 rings (SSSR count). The molecule has 33 heavy (non-hydrogen) atoms. The molecule has 2 saturated heterocycles. The van der Waals surface area contributed by atoms with Gasteiger partial charge in [-0.05, 0) is 37.0 Å². The minimum Gasteiger partial charge on any atom is -0.341 e. The van der Waals surface area contributed by atoms with Gasteiger partial charge in [-0.1, -0.05) is 49.4 Å². The predicted octanol–water partition coefficient (Wildman–Crippen LogP) is 2.84. The average molecular weight is 453 g/mol. The molecule has 2 fully saturated rings. The van der Waals surface area contributed by atoms with E-state index in [4.69, 9.17) is 0 Å². The van der Waals surface area contributed by atoms with Crippen molar-refractivity contribution < 1.29 is 14.0 Å². The highest BCUT2D eigenvalue weighted by Gasteiger charge is 2.37. The van der Waals surface area contributed by atoms with E-state index in [9.17, 15) is 14.0 Å². The SMILES string of the molecule is CCCN1CCN(C(=O)C2CNNC2C)CC(Cc2ccc(-c3ccccc3F)cc2)C1=O. The molecule has 0 aromatic heterocycles. The molecular weight excluding hydrogens is 419 g/mol. The molecule has 3 unspecified atom stereocenters. The fourth-order valence-corrected chi connectivity index (χ4v) is 4.83. The van der Waals surface area contributed by atoms with E-state index in [1.165, 1.54) is 6.07 Å². The summed E-state index contributed by atoms with van der Waals surface area (Å²) in [5, 5.41) is 0. The number of carbonyl (C=O) groups excluding carboxylic acids is 2. The van der Waals surface area contributed by atoms with Crippen LogP contribution >= 0.6 is 0 Å². The lowest BCUT2D eigenvalue weighted by molar-refractivity contribution is -0.136. The van der Waals surface area contributed by atoms with Crippen LogP contribution in [0.1, 0.15) is 25.8 Å². The second kappa shape index (κ2) is 10.4. The number of halogens is 1. The molecule has 2 aromatic rings. The Balaban J connectivity index is 1.52. The molecule has 2 aromatic carbocycles. The molecule has 2 amide bonds. The highest BCUT2D eigenvalue weighted by Crippen LogP contribution is 2.25. The van der Waals surface area contributed by atoms with Crippen molar-refractivity contribution in [3.63, 3.8) is 0 Å². The molecule has 2 N–H and O–H groups in total. The van der Waals surface area contributed by atoms with E-state index in [2.05, 4.69) is 17.8 Å². The summed E-state index contributed by atoms with van der Waals surface area (Å²) >= 11 is 0. The molecule has 0 aliphatic carbocycles. The summed E-state index contributed by atoms with van der Waals surface area (Å²) in [6.07, 6.45) is 1.44. The van der Waals surface area contributed by atoms with Crippen LogP contribution in [0.25, 0.3) is 11.1 Å². The Morgan fingerprint density at radius 3 is 2.55 bits per heavy atom. The monoisotopic (exact) mass is 452 g/mol. The Kier molecular flexibility index (Phi) is 7.40. The highest BCUT2D eigenvalue weighted by molar-refractivity contribution is 5.84. The summed E-state index contributed by atoms with van der Waals surface area (Å²) in [5.74, 6) is -0.454. The fraction of sp³-hybridized carbons (Fsp3) is 0.462. The first-order valence-electron chi connectivity index (χ1n) is 11.9. The average Bonchev–Trinajstić information content (AvgIpc) is 3.19. The van der Waals surface area contributed by atoms with Crippen LogP contribution in [-0.4, -0.2) is 60.4 Å². The first-order chi connectivity index (χ1) is 16.0. The zero-order chi connectivity index (χ0) is 23.4. The van der Waals surface area contributed by atoms with Crippen LogP contribution in [0.2, 0.25) is 0 Å². The number of hydrogen-bond acceptors (Lipinski definition) is 4. The van der Waals surface area contributed by atoms with Crippen LogP contribution in [0, 0.1) is 17.7 Å². The predicted molar refractivity (Wildman–Crippen MR) is 127 cm³/mol. The molecule has 0 saturated carbocycles. The molecule has 0 bridgehead atoms. The molecule has 0 spiro atoms. The molecule has 176 valence electrons. The number of nitrogens with one attached hydrogen (secondary N) is 2. The van der Waals surface area contributed by atoms with Gasteiger partial charge in [0.1, 0.15) is 5.82 Å². The molecule has 7 heteroatoms. The van der Waals surface area contributed by atoms with Gasteiger partial charge in [-0.3, -0.25) is 20.4 Å². The number of carbonyl (C=O) groups is 2. The van der Waals surface area contributed by atoms with Crippen LogP contribution in [0.15, 0.2) is 48.5 Å². The summed E-state index contributed by atoms with van der Waals surface area (Å²) in [4.78, 5) is 30.4. The Bertz CT molecular complexity index is 981. The van der Waals surface area contributed by atoms with E-state index in [0.717, 1.165) is 17.5 Å². The first-order valence-corrected chi connectivity index (χ1v) is 11.9. The van der Waals surface area contributed by atoms with Gasteiger partial charge in [0.2, 0.25) is 11.8 Å². The minimum absolute atomic E-state index is 0.0626. The van der Waals surface area contributed by atoms with Gasteiger partial charge in [-0.15, -0.1) is 0 Å². The van der Waals surface area contributed by atoms with Crippen LogP contribution in [-0.2, 0) is 16.0 Å². The van der Waals surface area contributed by atoms with Crippen LogP contribution in [0.4, 0.5) is 4.39 Å². The lowest BCUT2D eigenvalue weighted by atomic mass is 9.94. The van der Waals surface area contributed by atoms with Crippen molar-refractivity contribution in [3.05, 3.63) is 59.9 Å². The summed E-state index contributed by atoms with van der Waals surface area (Å²) in [7, 11) is 0. The van der Waals surface area contributed by atoms with Gasteiger partial charge in [-0.25, -0.2) is 4.39 Å². The molecule has 2 aliphatic heterocycles. The molecular formula is C26H33FN4O2. The Hall–Kier alpha value is -2.77. The van der Waals surface area contributed by atoms with Gasteiger partial charge in [0, 0.05) is 44.3 Å². The van der Waals surface area contributed by atoms with Crippen LogP contribution in [0.3, 0.4) is 0 Å². The van der Waals surface area contributed by atoms with E-state index in [1.807, 2.05) is 47.1 Å². The maximum Gasteiger partial charge on any atom is 0.228 e. The number of amides is 2. The van der Waals surface area contributed by atoms with Crippen molar-refractivity contribution in [1.29, 1.82) is 0 Å². The highest BCUT2D eigenvalue weighted by atomic mass is 19.1. The normalized spacial score (nSPS) is 23.6. The topological polar surface area (TPSA) is 64.7 Å². The Morgan fingerprint density at radius 1 is 1.12 bits per heavy atom. The van der Waals surface area contributed by atoms with Crippen molar-refractivity contribution in [1.82, 2.24) is 20.7 Å². The van der Waals surface area contributed by atoms with E-state index < -0.39 is 0 Å². The smallest absolute Gasteiger partial charge is 0.228 e. The number of hydrazine groups is 1. The van der Waals surface area contributed by atoms with Crippen molar-refractivity contribution in [2.45, 2.75) is 32.7 Å². The largest absolute Gasteiger partial charge is 0.341 e. The van der Waals surface area contributed by atoms with Gasteiger partial charge in [0.25, 0.3) is 0 Å². The van der Waals surface area contributed by atoms with Crippen molar-refractivity contribution in [2.75, 3.05) is 32.7 Å². The van der Waals surface area contributed by atoms with Crippen LogP contribution in [0.5, 0.6) is 0 Å². The lowest BCUT2D eigenvalue weighted by Crippen LogP contribution is -2.44. The van der Waals surface area contributed by atoms with Gasteiger partial charge in [0.15, 0.2) is 0 Å². The molecule has 3 atom stereocenters. The second-order valence-corrected chi connectivity index (χ2v) is 9.11. The van der Waals surface area contributed by atoms with Crippen molar-refractivity contribution >= 4 is 11.8 Å². The zero-order valence-corrected chi connectivity index (χ0v) is 19.4. The number of nitrogens with zero attached hydrogens (tertiary/aromatic N) is 2. The lowest BCUT2D eigenvalue weighted by Gasteiger charge is -2.27. The fourth-order valence-electron chi connectivity index (χ4n) is 4.83. The minimum atomic E-state index is -0.292. The van der Waals surface area contributed by atoms with Gasteiger partial charge in [-0.2, -0.15) is 0 Å². The van der Waals surface area contributed by atoms with E-state index in [0.29, 0.717) is 44.7 Å². The summed E-state index contributed by atoms with van der Waals surface area (Å²) in [5.41, 5.74) is 8.57. The third kappa shape index (κ3) is 5.25. The molecule has 2 aliphatic rings. The standard InChI is InChI=1S/C26H33FN4O2/c1-3-12-30-13-14-31(26(33)23-16-28-29-18(23)2)17-21(25(30)32)15-19-8-10-20(11-9-19)22-6-4-5-7-24(22)27/h4-11,18,21,23,28-29H,3,12-17H2,1-2H3. The van der Waals surface area contributed by atoms with Gasteiger partial charge < -0.3 is 9.80 Å². The molecule has 2 heterocycles. The van der Waals surface area contributed by atoms with Crippen molar-refractivity contribution in [2.24, 2.45) is 11.8 Å². The first kappa shape index (κ1) is 23.4. The number of hydrogen-bond donors (Lipinski definition) is 2. The van der Waals surface area contributed by atoms with Crippen molar-refractivity contribution in [3.8, 4) is 11.1 Å². The maximum absolute atomic E-state index is 14.1. The summed E-state index contributed by atoms with van der Waals surface area (Å²) in [6.45, 7) is 6.94. The second-order valence-electron chi connectivity index (χ2n) is 9.11. The van der Waals surface area contributed by atoms with E-state index in [1.54, 1.807) is 12.1 Å². The third-order valence-electron chi connectivity index (χ3n) is 6.74. The van der Waals surface area contributed by atoms with Crippen LogP contribution < -0.4 is 10.9 Å². The Morgan fingerprint density at radius 2 is 1.88 bits per heavy atom. The maximum atomic E-state index is 14.1.